The number of nitrogens with one attached hydrogen (secondary N) is 1. The summed E-state index contributed by atoms with van der Waals surface area (Å²) in [5.74, 6) is 0.287. The van der Waals surface area contributed by atoms with E-state index < -0.39 is 15.9 Å². The molecule has 0 aliphatic carbocycles. The van der Waals surface area contributed by atoms with E-state index in [4.69, 9.17) is 9.88 Å². The van der Waals surface area contributed by atoms with Crippen LogP contribution in [-0.4, -0.2) is 27.5 Å². The smallest absolute Gasteiger partial charge is 0.252 e. The van der Waals surface area contributed by atoms with E-state index in [0.29, 0.717) is 10.2 Å². The average Bonchev–Trinajstić information content (AvgIpc) is 2.64. The van der Waals surface area contributed by atoms with E-state index in [1.165, 1.54) is 18.2 Å². The second kappa shape index (κ2) is 8.08. The summed E-state index contributed by atoms with van der Waals surface area (Å²) < 4.78 is 29.0. The Kier molecular flexibility index (Phi) is 5.79. The van der Waals surface area contributed by atoms with E-state index in [9.17, 15) is 13.2 Å². The summed E-state index contributed by atoms with van der Waals surface area (Å²) in [6.07, 6.45) is 0. The number of fused-ring (bicyclic) bond motifs is 1. The van der Waals surface area contributed by atoms with Crippen molar-refractivity contribution in [1.29, 1.82) is 0 Å². The standard InChI is InChI=1S/C19H17BrN2O4S/c20-18-8-7-16(27(21,24)25)12-17(18)19(23)22-9-10-26-15-6-5-13-3-1-2-4-14(13)11-15/h1-8,11-12H,9-10H2,(H,22,23)(H2,21,24,25). The van der Waals surface area contributed by atoms with Gasteiger partial charge in [-0.25, -0.2) is 13.6 Å². The van der Waals surface area contributed by atoms with Crippen molar-refractivity contribution in [2.24, 2.45) is 5.14 Å². The molecule has 3 N–H and O–H groups in total. The normalized spacial score (nSPS) is 11.3. The number of hydrogen-bond acceptors (Lipinski definition) is 4. The van der Waals surface area contributed by atoms with Crippen molar-refractivity contribution in [2.75, 3.05) is 13.2 Å². The highest BCUT2D eigenvalue weighted by atomic mass is 79.9. The van der Waals surface area contributed by atoms with Crippen molar-refractivity contribution >= 4 is 42.6 Å². The Morgan fingerprint density at radius 2 is 1.78 bits per heavy atom. The predicted molar refractivity (Wildman–Crippen MR) is 107 cm³/mol. The monoisotopic (exact) mass is 448 g/mol. The number of primary sulfonamides is 1. The molecule has 0 atom stereocenters. The Labute approximate surface area is 165 Å². The number of carbonyl (C=O) groups excluding carboxylic acids is 1. The highest BCUT2D eigenvalue weighted by Crippen LogP contribution is 2.21. The Hall–Kier alpha value is -2.42. The first-order chi connectivity index (χ1) is 12.8. The van der Waals surface area contributed by atoms with Crippen LogP contribution < -0.4 is 15.2 Å². The third kappa shape index (κ3) is 4.85. The maximum atomic E-state index is 12.3. The molecule has 0 unspecified atom stereocenters. The summed E-state index contributed by atoms with van der Waals surface area (Å²) in [5.41, 5.74) is 0.187. The molecule has 0 aliphatic heterocycles. The molecule has 0 radical (unpaired) electrons. The highest BCUT2D eigenvalue weighted by Gasteiger charge is 2.15. The third-order valence-electron chi connectivity index (χ3n) is 3.89. The number of nitrogens with two attached hydrogens (primary N) is 1. The van der Waals surface area contributed by atoms with Gasteiger partial charge in [0.25, 0.3) is 5.91 Å². The Balaban J connectivity index is 1.59. The maximum absolute atomic E-state index is 12.3. The predicted octanol–water partition coefficient (Wildman–Crippen LogP) is 3.06. The molecule has 0 saturated heterocycles. The van der Waals surface area contributed by atoms with Gasteiger partial charge in [-0.15, -0.1) is 0 Å². The molecule has 0 aromatic heterocycles. The number of halogens is 1. The van der Waals surface area contributed by atoms with Crippen molar-refractivity contribution in [3.05, 3.63) is 70.7 Å². The largest absolute Gasteiger partial charge is 0.492 e. The Morgan fingerprint density at radius 3 is 2.52 bits per heavy atom. The summed E-state index contributed by atoms with van der Waals surface area (Å²) >= 11 is 3.24. The van der Waals surface area contributed by atoms with E-state index in [1.54, 1.807) is 0 Å². The van der Waals surface area contributed by atoms with Gasteiger partial charge in [0.15, 0.2) is 0 Å². The fourth-order valence-corrected chi connectivity index (χ4v) is 3.51. The molecule has 0 spiro atoms. The lowest BCUT2D eigenvalue weighted by Crippen LogP contribution is -2.28. The Morgan fingerprint density at radius 1 is 1.04 bits per heavy atom. The minimum atomic E-state index is -3.88. The first kappa shape index (κ1) is 19.3. The van der Waals surface area contributed by atoms with Gasteiger partial charge in [-0.05, 0) is 57.0 Å². The molecule has 3 aromatic carbocycles. The van der Waals surface area contributed by atoms with E-state index in [1.807, 2.05) is 42.5 Å². The van der Waals surface area contributed by atoms with Crippen molar-refractivity contribution in [3.8, 4) is 5.75 Å². The number of rotatable bonds is 6. The van der Waals surface area contributed by atoms with Gasteiger partial charge in [0, 0.05) is 4.47 Å². The van der Waals surface area contributed by atoms with Gasteiger partial charge in [0.2, 0.25) is 10.0 Å². The van der Waals surface area contributed by atoms with Crippen LogP contribution in [0.4, 0.5) is 0 Å². The highest BCUT2D eigenvalue weighted by molar-refractivity contribution is 9.10. The van der Waals surface area contributed by atoms with Crippen LogP contribution >= 0.6 is 15.9 Å². The SMILES string of the molecule is NS(=O)(=O)c1ccc(Br)c(C(=O)NCCOc2ccc3ccccc3c2)c1. The molecule has 3 aromatic rings. The van der Waals surface area contributed by atoms with E-state index in [2.05, 4.69) is 21.2 Å². The van der Waals surface area contributed by atoms with Crippen LogP contribution in [0.1, 0.15) is 10.4 Å². The minimum absolute atomic E-state index is 0.122. The lowest BCUT2D eigenvalue weighted by atomic mass is 10.1. The molecular formula is C19H17BrN2O4S. The summed E-state index contributed by atoms with van der Waals surface area (Å²) in [4.78, 5) is 12.2. The molecule has 140 valence electrons. The number of benzene rings is 3. The lowest BCUT2D eigenvalue weighted by molar-refractivity contribution is 0.0946. The average molecular weight is 449 g/mol. The Bertz CT molecular complexity index is 1100. The van der Waals surface area contributed by atoms with E-state index in [-0.39, 0.29) is 23.6 Å². The van der Waals surface area contributed by atoms with Crippen LogP contribution in [0.3, 0.4) is 0 Å². The van der Waals surface area contributed by atoms with Crippen LogP contribution in [0.2, 0.25) is 0 Å². The molecule has 1 amide bonds. The zero-order valence-electron chi connectivity index (χ0n) is 14.2. The number of hydrogen-bond donors (Lipinski definition) is 2. The van der Waals surface area contributed by atoms with Crippen LogP contribution in [0.5, 0.6) is 5.75 Å². The molecule has 27 heavy (non-hydrogen) atoms. The van der Waals surface area contributed by atoms with E-state index >= 15 is 0 Å². The summed E-state index contributed by atoms with van der Waals surface area (Å²) in [5, 5.41) is 10.00. The second-order valence-electron chi connectivity index (χ2n) is 5.80. The number of sulfonamides is 1. The number of carbonyl (C=O) groups is 1. The van der Waals surface area contributed by atoms with Crippen LogP contribution in [-0.2, 0) is 10.0 Å². The second-order valence-corrected chi connectivity index (χ2v) is 8.22. The molecule has 0 bridgehead atoms. The lowest BCUT2D eigenvalue weighted by Gasteiger charge is -2.10. The molecule has 0 heterocycles. The van der Waals surface area contributed by atoms with Crippen molar-refractivity contribution in [2.45, 2.75) is 4.90 Å². The number of amides is 1. The first-order valence-corrected chi connectivity index (χ1v) is 10.4. The van der Waals surface area contributed by atoms with Crippen LogP contribution in [0, 0.1) is 0 Å². The maximum Gasteiger partial charge on any atom is 0.252 e. The van der Waals surface area contributed by atoms with Gasteiger partial charge in [0.05, 0.1) is 17.0 Å². The third-order valence-corrected chi connectivity index (χ3v) is 5.49. The van der Waals surface area contributed by atoms with Crippen LogP contribution in [0.15, 0.2) is 70.0 Å². The topological polar surface area (TPSA) is 98.5 Å². The van der Waals surface area contributed by atoms with Crippen molar-refractivity contribution < 1.29 is 17.9 Å². The zero-order valence-corrected chi connectivity index (χ0v) is 16.6. The molecule has 6 nitrogen and oxygen atoms in total. The minimum Gasteiger partial charge on any atom is -0.492 e. The molecule has 0 aliphatic rings. The van der Waals surface area contributed by atoms with Gasteiger partial charge in [-0.1, -0.05) is 30.3 Å². The molecule has 0 fully saturated rings. The van der Waals surface area contributed by atoms with E-state index in [0.717, 1.165) is 10.8 Å². The van der Waals surface area contributed by atoms with Gasteiger partial charge in [-0.2, -0.15) is 0 Å². The molecule has 8 heteroatoms. The summed E-state index contributed by atoms with van der Waals surface area (Å²) in [7, 11) is -3.88. The number of ether oxygens (including phenoxy) is 1. The molecule has 0 saturated carbocycles. The summed E-state index contributed by atoms with van der Waals surface area (Å²) in [6, 6.07) is 17.8. The molecular weight excluding hydrogens is 432 g/mol. The molecule has 3 rings (SSSR count). The van der Waals surface area contributed by atoms with Gasteiger partial charge < -0.3 is 10.1 Å². The quantitative estimate of drug-likeness (QED) is 0.566. The van der Waals surface area contributed by atoms with Crippen molar-refractivity contribution in [1.82, 2.24) is 5.32 Å². The fraction of sp³-hybridized carbons (Fsp3) is 0.105. The zero-order chi connectivity index (χ0) is 19.4. The van der Waals surface area contributed by atoms with Crippen molar-refractivity contribution in [3.63, 3.8) is 0 Å². The first-order valence-electron chi connectivity index (χ1n) is 8.07. The van der Waals surface area contributed by atoms with Crippen LogP contribution in [0.25, 0.3) is 10.8 Å². The fourth-order valence-electron chi connectivity index (χ4n) is 2.54. The van der Waals surface area contributed by atoms with Gasteiger partial charge in [-0.3, -0.25) is 4.79 Å². The van der Waals surface area contributed by atoms with Gasteiger partial charge in [0.1, 0.15) is 12.4 Å². The van der Waals surface area contributed by atoms with Gasteiger partial charge >= 0.3 is 0 Å². The summed E-state index contributed by atoms with van der Waals surface area (Å²) in [6.45, 7) is 0.536.